The maximum absolute atomic E-state index is 11.3. The van der Waals surface area contributed by atoms with Crippen molar-refractivity contribution in [2.45, 2.75) is 24.7 Å². The first-order valence-electron chi connectivity index (χ1n) is 4.14. The first-order chi connectivity index (χ1) is 6.22. The number of hydrogen-bond donors (Lipinski definition) is 0. The number of epoxide rings is 1. The number of rotatable bonds is 1. The molecular weight excluding hydrogens is 188 g/mol. The van der Waals surface area contributed by atoms with E-state index in [4.69, 9.17) is 9.47 Å². The van der Waals surface area contributed by atoms with Gasteiger partial charge in [0.25, 0.3) is 0 Å². The molecule has 2 fully saturated rings. The van der Waals surface area contributed by atoms with Gasteiger partial charge in [-0.25, -0.2) is 4.79 Å². The van der Waals surface area contributed by atoms with Gasteiger partial charge in [0.1, 0.15) is 6.10 Å². The summed E-state index contributed by atoms with van der Waals surface area (Å²) >= 11 is 1.59. The molecule has 2 saturated heterocycles. The van der Waals surface area contributed by atoms with Gasteiger partial charge in [-0.1, -0.05) is 6.07 Å². The van der Waals surface area contributed by atoms with Crippen molar-refractivity contribution < 1.29 is 14.3 Å². The van der Waals surface area contributed by atoms with E-state index in [2.05, 4.69) is 0 Å². The lowest BCUT2D eigenvalue weighted by atomic mass is 10.1. The molecule has 3 rings (SSSR count). The molecular formula is C9H8O3S. The van der Waals surface area contributed by atoms with Crippen LogP contribution in [0.4, 0.5) is 0 Å². The van der Waals surface area contributed by atoms with Gasteiger partial charge < -0.3 is 9.47 Å². The Bertz CT molecular complexity index is 359. The quantitative estimate of drug-likeness (QED) is 0.504. The van der Waals surface area contributed by atoms with E-state index in [1.165, 1.54) is 0 Å². The molecule has 0 radical (unpaired) electrons. The van der Waals surface area contributed by atoms with Crippen LogP contribution in [0, 0.1) is 0 Å². The van der Waals surface area contributed by atoms with Crippen LogP contribution in [0.1, 0.15) is 17.9 Å². The van der Waals surface area contributed by atoms with E-state index in [-0.39, 0.29) is 18.2 Å². The predicted octanol–water partition coefficient (Wildman–Crippen LogP) is 1.50. The molecule has 0 spiro atoms. The van der Waals surface area contributed by atoms with Gasteiger partial charge in [0, 0.05) is 4.88 Å². The third-order valence-corrected chi connectivity index (χ3v) is 3.53. The van der Waals surface area contributed by atoms with Crippen LogP contribution in [0.15, 0.2) is 17.5 Å². The lowest BCUT2D eigenvalue weighted by molar-refractivity contribution is -0.153. The Hall–Kier alpha value is -0.870. The number of fused-ring (bicyclic) bond motifs is 1. The van der Waals surface area contributed by atoms with Gasteiger partial charge in [0.05, 0.1) is 0 Å². The number of thiophene rings is 1. The summed E-state index contributed by atoms with van der Waals surface area (Å²) in [5.74, 6) is -0.226. The Morgan fingerprint density at radius 3 is 2.92 bits per heavy atom. The van der Waals surface area contributed by atoms with Crippen molar-refractivity contribution in [1.29, 1.82) is 0 Å². The molecule has 68 valence electrons. The molecule has 0 unspecified atom stereocenters. The average Bonchev–Trinajstić information content (AvgIpc) is 2.52. The maximum Gasteiger partial charge on any atom is 0.341 e. The Kier molecular flexibility index (Phi) is 1.24. The van der Waals surface area contributed by atoms with Gasteiger partial charge >= 0.3 is 5.97 Å². The summed E-state index contributed by atoms with van der Waals surface area (Å²) in [5.41, 5.74) is -0.644. The van der Waals surface area contributed by atoms with Gasteiger partial charge in [-0.3, -0.25) is 0 Å². The SMILES string of the molecule is C[C@@]12O[C@@H]1[C@@H](c1cccs1)OC2=O. The fourth-order valence-electron chi connectivity index (χ4n) is 1.70. The van der Waals surface area contributed by atoms with Crippen molar-refractivity contribution in [3.05, 3.63) is 22.4 Å². The van der Waals surface area contributed by atoms with E-state index in [9.17, 15) is 4.79 Å². The molecule has 4 heteroatoms. The third-order valence-electron chi connectivity index (χ3n) is 2.60. The lowest BCUT2D eigenvalue weighted by Crippen LogP contribution is -2.17. The highest BCUT2D eigenvalue weighted by Crippen LogP contribution is 2.53. The maximum atomic E-state index is 11.3. The molecule has 0 aliphatic carbocycles. The van der Waals surface area contributed by atoms with E-state index in [1.807, 2.05) is 17.5 Å². The van der Waals surface area contributed by atoms with Crippen molar-refractivity contribution >= 4 is 17.3 Å². The van der Waals surface area contributed by atoms with E-state index in [1.54, 1.807) is 18.3 Å². The van der Waals surface area contributed by atoms with Crippen LogP contribution in [0.5, 0.6) is 0 Å². The molecule has 1 aromatic rings. The van der Waals surface area contributed by atoms with Gasteiger partial charge in [-0.05, 0) is 18.4 Å². The standard InChI is InChI=1S/C9H8O3S/c1-9-7(12-9)6(11-8(9)10)5-3-2-4-13-5/h2-4,6-7H,1H3/t6-,7-,9-/m1/s1. The summed E-state index contributed by atoms with van der Waals surface area (Å²) in [6.45, 7) is 1.79. The highest BCUT2D eigenvalue weighted by molar-refractivity contribution is 7.10. The van der Waals surface area contributed by atoms with E-state index < -0.39 is 5.60 Å². The van der Waals surface area contributed by atoms with Crippen LogP contribution >= 0.6 is 11.3 Å². The summed E-state index contributed by atoms with van der Waals surface area (Å²) in [5, 5.41) is 1.97. The fourth-order valence-corrected chi connectivity index (χ4v) is 2.48. The number of cyclic esters (lactones) is 1. The molecule has 3 nitrogen and oxygen atoms in total. The molecule has 3 heterocycles. The van der Waals surface area contributed by atoms with Crippen LogP contribution in [-0.4, -0.2) is 17.7 Å². The van der Waals surface area contributed by atoms with E-state index in [0.717, 1.165) is 4.88 Å². The Morgan fingerprint density at radius 1 is 1.62 bits per heavy atom. The molecule has 0 aromatic carbocycles. The molecule has 1 aromatic heterocycles. The van der Waals surface area contributed by atoms with Crippen molar-refractivity contribution in [1.82, 2.24) is 0 Å². The highest BCUT2D eigenvalue weighted by Gasteiger charge is 2.70. The average molecular weight is 196 g/mol. The number of ether oxygens (including phenoxy) is 2. The second kappa shape index (κ2) is 2.13. The number of carbonyl (C=O) groups excluding carboxylic acids is 1. The topological polar surface area (TPSA) is 38.8 Å². The van der Waals surface area contributed by atoms with E-state index in [0.29, 0.717) is 0 Å². The second-order valence-electron chi connectivity index (χ2n) is 3.49. The molecule has 0 amide bonds. The zero-order chi connectivity index (χ0) is 9.05. The second-order valence-corrected chi connectivity index (χ2v) is 4.47. The molecule has 0 bridgehead atoms. The van der Waals surface area contributed by atoms with Crippen LogP contribution in [0.2, 0.25) is 0 Å². The van der Waals surface area contributed by atoms with Crippen LogP contribution in [-0.2, 0) is 14.3 Å². The van der Waals surface area contributed by atoms with Crippen molar-refractivity contribution in [3.8, 4) is 0 Å². The highest BCUT2D eigenvalue weighted by atomic mass is 32.1. The van der Waals surface area contributed by atoms with Gasteiger partial charge in [-0.15, -0.1) is 11.3 Å². The minimum atomic E-state index is -0.644. The summed E-state index contributed by atoms with van der Waals surface area (Å²) in [7, 11) is 0. The number of carbonyl (C=O) groups is 1. The summed E-state index contributed by atoms with van der Waals surface area (Å²) in [4.78, 5) is 12.4. The number of hydrogen-bond acceptors (Lipinski definition) is 4. The summed E-state index contributed by atoms with van der Waals surface area (Å²) < 4.78 is 10.5. The molecule has 0 N–H and O–H groups in total. The zero-order valence-corrected chi connectivity index (χ0v) is 7.84. The first-order valence-corrected chi connectivity index (χ1v) is 5.02. The Labute approximate surface area is 79.3 Å². The predicted molar refractivity (Wildman–Crippen MR) is 46.4 cm³/mol. The monoisotopic (exact) mass is 196 g/mol. The molecule has 0 saturated carbocycles. The van der Waals surface area contributed by atoms with Crippen molar-refractivity contribution in [2.24, 2.45) is 0 Å². The third kappa shape index (κ3) is 0.845. The summed E-state index contributed by atoms with van der Waals surface area (Å²) in [6, 6.07) is 3.92. The summed E-state index contributed by atoms with van der Waals surface area (Å²) in [6.07, 6.45) is -0.226. The first kappa shape index (κ1) is 7.53. The Balaban J connectivity index is 1.94. The fraction of sp³-hybridized carbons (Fsp3) is 0.444. The normalized spacial score (nSPS) is 41.5. The zero-order valence-electron chi connectivity index (χ0n) is 7.02. The van der Waals surface area contributed by atoms with Crippen molar-refractivity contribution in [2.75, 3.05) is 0 Å². The minimum absolute atomic E-state index is 0.0568. The molecule has 3 atom stereocenters. The van der Waals surface area contributed by atoms with Crippen molar-refractivity contribution in [3.63, 3.8) is 0 Å². The van der Waals surface area contributed by atoms with Gasteiger partial charge in [0.15, 0.2) is 11.7 Å². The van der Waals surface area contributed by atoms with Gasteiger partial charge in [0.2, 0.25) is 0 Å². The minimum Gasteiger partial charge on any atom is -0.451 e. The molecule has 13 heavy (non-hydrogen) atoms. The van der Waals surface area contributed by atoms with Crippen LogP contribution < -0.4 is 0 Å². The Morgan fingerprint density at radius 2 is 2.46 bits per heavy atom. The molecule has 2 aliphatic heterocycles. The molecule has 2 aliphatic rings. The van der Waals surface area contributed by atoms with E-state index >= 15 is 0 Å². The van der Waals surface area contributed by atoms with Crippen LogP contribution in [0.25, 0.3) is 0 Å². The number of esters is 1. The van der Waals surface area contributed by atoms with Gasteiger partial charge in [-0.2, -0.15) is 0 Å². The smallest absolute Gasteiger partial charge is 0.341 e. The van der Waals surface area contributed by atoms with Crippen LogP contribution in [0.3, 0.4) is 0 Å². The largest absolute Gasteiger partial charge is 0.451 e. The lowest BCUT2D eigenvalue weighted by Gasteiger charge is -2.08.